The van der Waals surface area contributed by atoms with Gasteiger partial charge >= 0.3 is 11.4 Å². The molecule has 2 N–H and O–H groups in total. The Morgan fingerprint density at radius 1 is 1.07 bits per heavy atom. The van der Waals surface area contributed by atoms with E-state index in [1.54, 1.807) is 0 Å². The smallest absolute Gasteiger partial charge is 0.345 e. The molecule has 1 saturated carbocycles. The molecule has 0 radical (unpaired) electrons. The fourth-order valence-electron chi connectivity index (χ4n) is 3.13. The lowest BCUT2D eigenvalue weighted by Gasteiger charge is -2.31. The van der Waals surface area contributed by atoms with Crippen molar-refractivity contribution in [2.45, 2.75) is 18.2 Å². The third-order valence-electron chi connectivity index (χ3n) is 3.81. The first-order valence-electron chi connectivity index (χ1n) is 5.00. The van der Waals surface area contributed by atoms with Crippen LogP contribution in [0, 0.1) is 11.8 Å². The zero-order valence-electron chi connectivity index (χ0n) is 7.70. The topological polar surface area (TPSA) is 80.0 Å². The maximum atomic E-state index is 11.5. The monoisotopic (exact) mass is 207 g/mol. The van der Waals surface area contributed by atoms with Crippen molar-refractivity contribution in [3.63, 3.8) is 0 Å². The van der Waals surface area contributed by atoms with Crippen LogP contribution in [-0.2, 0) is 0 Å². The van der Waals surface area contributed by atoms with Crippen molar-refractivity contribution in [3.05, 3.63) is 33.1 Å². The average molecular weight is 207 g/mol. The molecule has 2 bridgehead atoms. The van der Waals surface area contributed by atoms with Crippen molar-refractivity contribution in [3.8, 4) is 0 Å². The van der Waals surface area contributed by atoms with E-state index in [4.69, 9.17) is 0 Å². The van der Waals surface area contributed by atoms with Gasteiger partial charge in [-0.2, -0.15) is 0 Å². The highest BCUT2D eigenvalue weighted by Crippen LogP contribution is 2.58. The van der Waals surface area contributed by atoms with Gasteiger partial charge < -0.3 is 5.11 Å². The van der Waals surface area contributed by atoms with Gasteiger partial charge in [0.15, 0.2) is 0 Å². The van der Waals surface area contributed by atoms with Crippen LogP contribution in [-0.4, -0.2) is 25.6 Å². The zero-order chi connectivity index (χ0) is 10.3. The molecule has 2 aliphatic carbocycles. The summed E-state index contributed by atoms with van der Waals surface area (Å²) in [7, 11) is 0. The number of allylic oxidation sites excluding steroid dienone is 2. The summed E-state index contributed by atoms with van der Waals surface area (Å²) in [5.41, 5.74) is -0.756. The second-order valence-electron chi connectivity index (χ2n) is 4.44. The second kappa shape index (κ2) is 2.01. The van der Waals surface area contributed by atoms with Crippen molar-refractivity contribution in [1.82, 2.24) is 14.3 Å². The average Bonchev–Trinajstić information content (AvgIpc) is 2.82. The number of nitrogens with one attached hydrogen (secondary N) is 1. The molecule has 4 aliphatic rings. The van der Waals surface area contributed by atoms with Crippen LogP contribution in [0.25, 0.3) is 0 Å². The molecule has 1 fully saturated rings. The first kappa shape index (κ1) is 7.70. The SMILES string of the molecule is O=c1[nH]c(=O)n2n1[C@H]1C=C[C@H]2[C@H]2C(O)[C@H]21. The molecule has 0 spiro atoms. The Kier molecular flexibility index (Phi) is 1.03. The maximum absolute atomic E-state index is 11.5. The van der Waals surface area contributed by atoms with Crippen molar-refractivity contribution < 1.29 is 5.11 Å². The molecule has 1 unspecified atom stereocenters. The lowest BCUT2D eigenvalue weighted by molar-refractivity contribution is 0.243. The number of hydrogen-bond acceptors (Lipinski definition) is 3. The number of aliphatic hydroxyl groups excluding tert-OH is 1. The Labute approximate surface area is 83.4 Å². The van der Waals surface area contributed by atoms with Gasteiger partial charge in [-0.1, -0.05) is 12.2 Å². The van der Waals surface area contributed by atoms with Crippen LogP contribution in [0.3, 0.4) is 0 Å². The molecule has 15 heavy (non-hydrogen) atoms. The van der Waals surface area contributed by atoms with Gasteiger partial charge in [-0.05, 0) is 0 Å². The number of nitrogens with zero attached hydrogens (tertiary/aromatic N) is 2. The quantitative estimate of drug-likeness (QED) is 0.514. The molecular weight excluding hydrogens is 198 g/mol. The van der Waals surface area contributed by atoms with Crippen LogP contribution < -0.4 is 11.4 Å². The molecule has 78 valence electrons. The Bertz CT molecular complexity index is 544. The summed E-state index contributed by atoms with van der Waals surface area (Å²) in [5.74, 6) is 0.237. The van der Waals surface area contributed by atoms with Crippen molar-refractivity contribution in [1.29, 1.82) is 0 Å². The number of aromatic amines is 1. The van der Waals surface area contributed by atoms with Crippen molar-refractivity contribution in [2.24, 2.45) is 11.8 Å². The van der Waals surface area contributed by atoms with Crippen LogP contribution >= 0.6 is 0 Å². The van der Waals surface area contributed by atoms with E-state index in [2.05, 4.69) is 4.98 Å². The standard InChI is InChI=1S/C9H9N3O3/c13-7-5-3-1-2-4(6(5)7)12-9(15)10-8(14)11(3)12/h1-7,13H,(H,10,14,15)/t3-,4-,5-,6+,7?/m0/s1. The van der Waals surface area contributed by atoms with Crippen molar-refractivity contribution >= 4 is 0 Å². The highest BCUT2D eigenvalue weighted by Gasteiger charge is 2.63. The number of H-pyrrole nitrogens is 1. The Balaban J connectivity index is 2.08. The minimum atomic E-state index is -0.378. The van der Waals surface area contributed by atoms with Crippen LogP contribution in [0.1, 0.15) is 12.1 Å². The second-order valence-corrected chi connectivity index (χ2v) is 4.44. The molecule has 0 aromatic carbocycles. The number of aromatic nitrogens is 3. The van der Waals surface area contributed by atoms with Gasteiger partial charge in [0, 0.05) is 11.8 Å². The Hall–Kier alpha value is -1.56. The van der Waals surface area contributed by atoms with Crippen LogP contribution in [0.15, 0.2) is 21.7 Å². The van der Waals surface area contributed by atoms with Gasteiger partial charge in [-0.15, -0.1) is 0 Å². The molecule has 1 aromatic heterocycles. The molecular formula is C9H9N3O3. The van der Waals surface area contributed by atoms with E-state index in [0.29, 0.717) is 0 Å². The van der Waals surface area contributed by atoms with Crippen LogP contribution in [0.2, 0.25) is 0 Å². The summed E-state index contributed by atoms with van der Waals surface area (Å²) in [4.78, 5) is 25.3. The predicted octanol–water partition coefficient (Wildman–Crippen LogP) is -1.39. The van der Waals surface area contributed by atoms with Crippen LogP contribution in [0.5, 0.6) is 0 Å². The molecule has 6 heteroatoms. The molecule has 5 rings (SSSR count). The van der Waals surface area contributed by atoms with Gasteiger partial charge in [0.1, 0.15) is 0 Å². The first-order valence-corrected chi connectivity index (χ1v) is 5.00. The fourth-order valence-corrected chi connectivity index (χ4v) is 3.13. The van der Waals surface area contributed by atoms with Gasteiger partial charge in [0.2, 0.25) is 0 Å². The first-order chi connectivity index (χ1) is 7.20. The highest BCUT2D eigenvalue weighted by molar-refractivity contribution is 5.24. The third kappa shape index (κ3) is 0.657. The summed E-state index contributed by atoms with van der Waals surface area (Å²) < 4.78 is 2.87. The summed E-state index contributed by atoms with van der Waals surface area (Å²) in [6.07, 6.45) is 3.45. The maximum Gasteiger partial charge on any atom is 0.345 e. The number of aliphatic hydroxyl groups is 1. The largest absolute Gasteiger partial charge is 0.392 e. The predicted molar refractivity (Wildman–Crippen MR) is 49.5 cm³/mol. The molecule has 3 heterocycles. The van der Waals surface area contributed by atoms with E-state index in [9.17, 15) is 14.7 Å². The molecule has 1 aromatic rings. The van der Waals surface area contributed by atoms with E-state index in [-0.39, 0.29) is 41.4 Å². The minimum absolute atomic E-state index is 0.118. The summed E-state index contributed by atoms with van der Waals surface area (Å²) in [6, 6.07) is -0.303. The minimum Gasteiger partial charge on any atom is -0.392 e. The molecule has 0 amide bonds. The Morgan fingerprint density at radius 2 is 1.53 bits per heavy atom. The summed E-state index contributed by atoms with van der Waals surface area (Å²) in [5, 5.41) is 9.70. The number of hydrogen-bond donors (Lipinski definition) is 2. The highest BCUT2D eigenvalue weighted by atomic mass is 16.3. The molecule has 0 saturated heterocycles. The van der Waals surface area contributed by atoms with E-state index < -0.39 is 0 Å². The van der Waals surface area contributed by atoms with Gasteiger partial charge in [0.05, 0.1) is 18.2 Å². The van der Waals surface area contributed by atoms with E-state index >= 15 is 0 Å². The lowest BCUT2D eigenvalue weighted by atomic mass is 9.96. The normalized spacial score (nSPS) is 43.9. The third-order valence-corrected chi connectivity index (χ3v) is 3.81. The van der Waals surface area contributed by atoms with E-state index in [1.807, 2.05) is 12.2 Å². The zero-order valence-corrected chi connectivity index (χ0v) is 7.70. The molecule has 6 nitrogen and oxygen atoms in total. The summed E-state index contributed by atoms with van der Waals surface area (Å²) >= 11 is 0. The van der Waals surface area contributed by atoms with Gasteiger partial charge in [-0.3, -0.25) is 4.98 Å². The molecule has 2 aliphatic heterocycles. The lowest BCUT2D eigenvalue weighted by Crippen LogP contribution is -2.40. The van der Waals surface area contributed by atoms with E-state index in [1.165, 1.54) is 9.36 Å². The van der Waals surface area contributed by atoms with Gasteiger partial charge in [0.25, 0.3) is 0 Å². The van der Waals surface area contributed by atoms with Crippen LogP contribution in [0.4, 0.5) is 0 Å². The summed E-state index contributed by atoms with van der Waals surface area (Å²) in [6.45, 7) is 0. The fraction of sp³-hybridized carbons (Fsp3) is 0.556. The Morgan fingerprint density at radius 3 is 2.00 bits per heavy atom. The number of rotatable bonds is 0. The van der Waals surface area contributed by atoms with E-state index in [0.717, 1.165) is 0 Å². The van der Waals surface area contributed by atoms with Gasteiger partial charge in [-0.25, -0.2) is 19.0 Å². The molecule has 5 atom stereocenters. The van der Waals surface area contributed by atoms with Crippen molar-refractivity contribution in [2.75, 3.05) is 0 Å².